The van der Waals surface area contributed by atoms with Gasteiger partial charge in [0.2, 0.25) is 0 Å². The Morgan fingerprint density at radius 2 is 1.96 bits per heavy atom. The number of rotatable bonds is 7. The lowest BCUT2D eigenvalue weighted by Gasteiger charge is -2.11. The van der Waals surface area contributed by atoms with Crippen molar-refractivity contribution in [1.82, 2.24) is 15.1 Å². The zero-order chi connectivity index (χ0) is 18.0. The minimum Gasteiger partial charge on any atom is -0.352 e. The molecule has 25 heavy (non-hydrogen) atoms. The van der Waals surface area contributed by atoms with Crippen LogP contribution < -0.4 is 5.32 Å². The summed E-state index contributed by atoms with van der Waals surface area (Å²) >= 11 is 0. The number of carbonyl (C=O) groups is 1. The van der Waals surface area contributed by atoms with E-state index in [0.717, 1.165) is 48.3 Å². The topological polar surface area (TPSA) is 46.9 Å². The van der Waals surface area contributed by atoms with E-state index in [1.807, 2.05) is 4.68 Å². The molecular formula is C21H29N3O. The standard InChI is InChI=1S/C21H29N3O/c1-5-6-18-19(21(25)22-13-14(2)3)20(16-9-10-16)23-24(18)17-11-7-15(4)8-12-17/h7-8,11-12,14,16H,5-6,9-10,13H2,1-4H3,(H,22,25). The van der Waals surface area contributed by atoms with Gasteiger partial charge in [-0.3, -0.25) is 4.79 Å². The molecule has 1 saturated carbocycles. The molecule has 0 saturated heterocycles. The Bertz CT molecular complexity index is 739. The molecule has 1 heterocycles. The van der Waals surface area contributed by atoms with Crippen LogP contribution in [0.15, 0.2) is 24.3 Å². The third kappa shape index (κ3) is 3.94. The number of nitrogens with one attached hydrogen (secondary N) is 1. The second-order valence-corrected chi connectivity index (χ2v) is 7.58. The molecule has 0 atom stereocenters. The van der Waals surface area contributed by atoms with E-state index < -0.39 is 0 Å². The fourth-order valence-corrected chi connectivity index (χ4v) is 3.11. The zero-order valence-electron chi connectivity index (χ0n) is 15.8. The summed E-state index contributed by atoms with van der Waals surface area (Å²) in [5.74, 6) is 0.926. The van der Waals surface area contributed by atoms with Crippen molar-refractivity contribution in [2.75, 3.05) is 6.54 Å². The van der Waals surface area contributed by atoms with Gasteiger partial charge >= 0.3 is 0 Å². The van der Waals surface area contributed by atoms with Crippen LogP contribution in [0.5, 0.6) is 0 Å². The lowest BCUT2D eigenvalue weighted by atomic mass is 10.0. The van der Waals surface area contributed by atoms with Crippen LogP contribution in [0.2, 0.25) is 0 Å². The van der Waals surface area contributed by atoms with Gasteiger partial charge in [0.1, 0.15) is 0 Å². The number of aromatic nitrogens is 2. The lowest BCUT2D eigenvalue weighted by Crippen LogP contribution is -2.28. The summed E-state index contributed by atoms with van der Waals surface area (Å²) in [5, 5.41) is 8.00. The maximum atomic E-state index is 12.9. The maximum Gasteiger partial charge on any atom is 0.255 e. The minimum absolute atomic E-state index is 0.0393. The lowest BCUT2D eigenvalue weighted by molar-refractivity contribution is 0.0947. The molecule has 1 aliphatic carbocycles. The number of aryl methyl sites for hydroxylation is 1. The van der Waals surface area contributed by atoms with Gasteiger partial charge in [-0.05, 0) is 44.2 Å². The molecule has 0 bridgehead atoms. The first kappa shape index (κ1) is 17.7. The predicted molar refractivity (Wildman–Crippen MR) is 101 cm³/mol. The highest BCUT2D eigenvalue weighted by molar-refractivity contribution is 5.97. The Hall–Kier alpha value is -2.10. The van der Waals surface area contributed by atoms with Gasteiger partial charge in [0.25, 0.3) is 5.91 Å². The van der Waals surface area contributed by atoms with Crippen molar-refractivity contribution in [2.24, 2.45) is 5.92 Å². The molecule has 1 aromatic heterocycles. The van der Waals surface area contributed by atoms with E-state index in [4.69, 9.17) is 5.10 Å². The summed E-state index contributed by atoms with van der Waals surface area (Å²) in [6.07, 6.45) is 4.13. The van der Waals surface area contributed by atoms with Crippen LogP contribution in [0.3, 0.4) is 0 Å². The predicted octanol–water partition coefficient (Wildman–Crippen LogP) is 4.40. The number of hydrogen-bond donors (Lipinski definition) is 1. The van der Waals surface area contributed by atoms with Crippen molar-refractivity contribution >= 4 is 5.91 Å². The molecule has 134 valence electrons. The first-order valence-electron chi connectivity index (χ1n) is 9.48. The SMILES string of the molecule is CCCc1c(C(=O)NCC(C)C)c(C2CC2)nn1-c1ccc(C)cc1. The van der Waals surface area contributed by atoms with Gasteiger partial charge in [-0.25, -0.2) is 4.68 Å². The second-order valence-electron chi connectivity index (χ2n) is 7.58. The third-order valence-electron chi connectivity index (χ3n) is 4.64. The van der Waals surface area contributed by atoms with Crippen molar-refractivity contribution in [3.05, 3.63) is 46.8 Å². The smallest absolute Gasteiger partial charge is 0.255 e. The molecule has 0 spiro atoms. The van der Waals surface area contributed by atoms with Crippen LogP contribution >= 0.6 is 0 Å². The van der Waals surface area contributed by atoms with Crippen LogP contribution in [0, 0.1) is 12.8 Å². The summed E-state index contributed by atoms with van der Waals surface area (Å²) < 4.78 is 2.00. The second kappa shape index (κ2) is 7.42. The zero-order valence-corrected chi connectivity index (χ0v) is 15.8. The van der Waals surface area contributed by atoms with Gasteiger partial charge in [0.15, 0.2) is 0 Å². The van der Waals surface area contributed by atoms with Gasteiger partial charge in [0, 0.05) is 12.5 Å². The van der Waals surface area contributed by atoms with Crippen LogP contribution in [0.1, 0.15) is 73.3 Å². The van der Waals surface area contributed by atoms with E-state index in [-0.39, 0.29) is 5.91 Å². The van der Waals surface area contributed by atoms with Crippen molar-refractivity contribution < 1.29 is 4.79 Å². The summed E-state index contributed by atoms with van der Waals surface area (Å²) in [5.41, 5.74) is 5.13. The highest BCUT2D eigenvalue weighted by atomic mass is 16.1. The fraction of sp³-hybridized carbons (Fsp3) is 0.524. The van der Waals surface area contributed by atoms with E-state index in [1.165, 1.54) is 5.56 Å². The molecule has 0 aliphatic heterocycles. The Morgan fingerprint density at radius 1 is 1.28 bits per heavy atom. The summed E-state index contributed by atoms with van der Waals surface area (Å²) in [6, 6.07) is 8.38. The first-order valence-corrected chi connectivity index (χ1v) is 9.48. The summed E-state index contributed by atoms with van der Waals surface area (Å²) in [4.78, 5) is 12.9. The maximum absolute atomic E-state index is 12.9. The van der Waals surface area contributed by atoms with Crippen molar-refractivity contribution in [3.63, 3.8) is 0 Å². The normalized spacial score (nSPS) is 14.1. The van der Waals surface area contributed by atoms with E-state index >= 15 is 0 Å². The van der Waals surface area contributed by atoms with Crippen molar-refractivity contribution in [1.29, 1.82) is 0 Å². The third-order valence-corrected chi connectivity index (χ3v) is 4.64. The molecule has 3 rings (SSSR count). The molecule has 4 heteroatoms. The Morgan fingerprint density at radius 3 is 2.52 bits per heavy atom. The van der Waals surface area contributed by atoms with Crippen LogP contribution in [0.4, 0.5) is 0 Å². The Labute approximate surface area is 150 Å². The van der Waals surface area contributed by atoms with E-state index in [1.54, 1.807) is 0 Å². The van der Waals surface area contributed by atoms with Crippen LogP contribution in [-0.2, 0) is 6.42 Å². The first-order chi connectivity index (χ1) is 12.0. The number of nitrogens with zero attached hydrogens (tertiary/aromatic N) is 2. The van der Waals surface area contributed by atoms with Gasteiger partial charge in [0.05, 0.1) is 22.6 Å². The summed E-state index contributed by atoms with van der Waals surface area (Å²) in [7, 11) is 0. The molecule has 1 aromatic carbocycles. The number of hydrogen-bond acceptors (Lipinski definition) is 2. The van der Waals surface area contributed by atoms with Gasteiger partial charge < -0.3 is 5.32 Å². The largest absolute Gasteiger partial charge is 0.352 e. The molecular weight excluding hydrogens is 310 g/mol. The molecule has 0 unspecified atom stereocenters. The average Bonchev–Trinajstić information content (AvgIpc) is 3.36. The van der Waals surface area contributed by atoms with Gasteiger partial charge in [-0.2, -0.15) is 5.10 Å². The Balaban J connectivity index is 2.05. The molecule has 0 radical (unpaired) electrons. The molecule has 1 fully saturated rings. The van der Waals surface area contributed by atoms with E-state index in [0.29, 0.717) is 18.4 Å². The monoisotopic (exact) mass is 339 g/mol. The molecule has 1 N–H and O–H groups in total. The Kier molecular flexibility index (Phi) is 5.26. The molecule has 1 amide bonds. The minimum atomic E-state index is 0.0393. The number of amides is 1. The molecule has 4 nitrogen and oxygen atoms in total. The molecule has 1 aliphatic rings. The number of carbonyl (C=O) groups excluding carboxylic acids is 1. The highest BCUT2D eigenvalue weighted by Crippen LogP contribution is 2.42. The average molecular weight is 339 g/mol. The molecule has 2 aromatic rings. The highest BCUT2D eigenvalue weighted by Gasteiger charge is 2.34. The summed E-state index contributed by atoms with van der Waals surface area (Å²) in [6.45, 7) is 9.17. The van der Waals surface area contributed by atoms with E-state index in [2.05, 4.69) is 57.3 Å². The van der Waals surface area contributed by atoms with Crippen molar-refractivity contribution in [3.8, 4) is 5.69 Å². The van der Waals surface area contributed by atoms with Crippen LogP contribution in [0.25, 0.3) is 5.69 Å². The van der Waals surface area contributed by atoms with Crippen molar-refractivity contribution in [2.45, 2.75) is 59.3 Å². The number of benzene rings is 1. The fourth-order valence-electron chi connectivity index (χ4n) is 3.11. The quantitative estimate of drug-likeness (QED) is 0.813. The van der Waals surface area contributed by atoms with Crippen LogP contribution in [-0.4, -0.2) is 22.2 Å². The van der Waals surface area contributed by atoms with E-state index in [9.17, 15) is 4.79 Å². The van der Waals surface area contributed by atoms with Gasteiger partial charge in [-0.1, -0.05) is 44.9 Å². The van der Waals surface area contributed by atoms with Gasteiger partial charge in [-0.15, -0.1) is 0 Å².